The van der Waals surface area contributed by atoms with Gasteiger partial charge in [-0.05, 0) is 6.07 Å². The van der Waals surface area contributed by atoms with E-state index in [9.17, 15) is 9.90 Å². The number of hydrogen-bond donors (Lipinski definition) is 3. The van der Waals surface area contributed by atoms with Crippen LogP contribution in [-0.4, -0.2) is 47.2 Å². The van der Waals surface area contributed by atoms with Crippen LogP contribution in [0.3, 0.4) is 0 Å². The van der Waals surface area contributed by atoms with Crippen LogP contribution in [0.25, 0.3) is 0 Å². The zero-order valence-corrected chi connectivity index (χ0v) is 11.1. The molecule has 0 radical (unpaired) electrons. The lowest BCUT2D eigenvalue weighted by Crippen LogP contribution is -2.47. The van der Waals surface area contributed by atoms with Gasteiger partial charge >= 0.3 is 0 Å². The Labute approximate surface area is 120 Å². The van der Waals surface area contributed by atoms with Crippen molar-refractivity contribution in [1.29, 1.82) is 0 Å². The molecule has 0 aromatic heterocycles. The van der Waals surface area contributed by atoms with Crippen LogP contribution in [0.15, 0.2) is 17.1 Å². The zero-order valence-electron chi connectivity index (χ0n) is 11.1. The van der Waals surface area contributed by atoms with Crippen LogP contribution in [0.1, 0.15) is 16.8 Å². The average molecular weight is 290 g/mol. The van der Waals surface area contributed by atoms with Crippen LogP contribution < -0.4 is 20.7 Å². The molecule has 4 N–H and O–H groups in total. The van der Waals surface area contributed by atoms with Crippen molar-refractivity contribution in [1.82, 2.24) is 10.3 Å². The minimum atomic E-state index is -0.576. The molecule has 3 aliphatic rings. The van der Waals surface area contributed by atoms with Crippen LogP contribution in [0.2, 0.25) is 0 Å². The zero-order chi connectivity index (χ0) is 14.6. The van der Waals surface area contributed by atoms with Gasteiger partial charge in [0, 0.05) is 19.0 Å². The first-order valence-electron chi connectivity index (χ1n) is 6.65. The van der Waals surface area contributed by atoms with Crippen molar-refractivity contribution in [2.24, 2.45) is 10.8 Å². The highest BCUT2D eigenvalue weighted by Crippen LogP contribution is 2.40. The number of amides is 1. The number of ether oxygens (including phenoxy) is 2. The second-order valence-corrected chi connectivity index (χ2v) is 5.23. The first kappa shape index (κ1) is 12.4. The number of amidine groups is 1. The fourth-order valence-corrected chi connectivity index (χ4v) is 2.98. The molecule has 1 aromatic rings. The number of carbonyl (C=O) groups is 1. The Hall–Kier alpha value is -2.32. The van der Waals surface area contributed by atoms with Crippen molar-refractivity contribution >= 4 is 17.4 Å². The number of benzene rings is 1. The lowest BCUT2D eigenvalue weighted by Gasteiger charge is -2.22. The lowest BCUT2D eigenvalue weighted by atomic mass is 10.1. The molecule has 8 nitrogen and oxygen atoms in total. The molecular weight excluding hydrogens is 276 g/mol. The van der Waals surface area contributed by atoms with Crippen LogP contribution in [-0.2, 0) is 0 Å². The molecule has 4 rings (SSSR count). The Morgan fingerprint density at radius 3 is 2.90 bits per heavy atom. The summed E-state index contributed by atoms with van der Waals surface area (Å²) in [7, 11) is 0. The van der Waals surface area contributed by atoms with E-state index in [1.54, 1.807) is 17.0 Å². The highest BCUT2D eigenvalue weighted by atomic mass is 16.7. The maximum absolute atomic E-state index is 12.7. The van der Waals surface area contributed by atoms with E-state index in [4.69, 9.17) is 15.3 Å². The summed E-state index contributed by atoms with van der Waals surface area (Å²) in [6, 6.07) is 2.96. The van der Waals surface area contributed by atoms with E-state index < -0.39 is 6.10 Å². The number of nitrogens with one attached hydrogen (secondary N) is 1. The summed E-state index contributed by atoms with van der Waals surface area (Å²) >= 11 is 0. The number of carbonyl (C=O) groups excluding carboxylic acids is 1. The van der Waals surface area contributed by atoms with Crippen molar-refractivity contribution in [2.75, 3.05) is 13.3 Å². The first-order valence-corrected chi connectivity index (χ1v) is 6.65. The molecule has 1 aromatic carbocycles. The van der Waals surface area contributed by atoms with E-state index >= 15 is 0 Å². The molecule has 1 fully saturated rings. The van der Waals surface area contributed by atoms with E-state index in [-0.39, 0.29) is 25.3 Å². The standard InChI is InChI=1S/C13H14N4O4/c14-16-12-9-1-6(18)4-17(9)13(19)7-2-10-11(21-5-20-10)3-8(7)15-12/h2-3,6,9,18H,1,4-5,14H2,(H,15,16)/t6-,9+/m1/s1. The maximum Gasteiger partial charge on any atom is 0.256 e. The van der Waals surface area contributed by atoms with Crippen molar-refractivity contribution in [3.8, 4) is 11.5 Å². The largest absolute Gasteiger partial charge is 0.454 e. The van der Waals surface area contributed by atoms with Gasteiger partial charge in [-0.2, -0.15) is 0 Å². The Kier molecular flexibility index (Phi) is 2.57. The van der Waals surface area contributed by atoms with Gasteiger partial charge < -0.3 is 24.9 Å². The third kappa shape index (κ3) is 1.76. The Morgan fingerprint density at radius 2 is 2.14 bits per heavy atom. The molecule has 110 valence electrons. The van der Waals surface area contributed by atoms with E-state index in [0.717, 1.165) is 0 Å². The summed E-state index contributed by atoms with van der Waals surface area (Å²) in [5.74, 6) is 6.88. The summed E-state index contributed by atoms with van der Waals surface area (Å²) in [6.45, 7) is 0.390. The monoisotopic (exact) mass is 290 g/mol. The molecule has 21 heavy (non-hydrogen) atoms. The average Bonchev–Trinajstić information content (AvgIpc) is 3.06. The number of nitrogens with zero attached hydrogens (tertiary/aromatic N) is 2. The van der Waals surface area contributed by atoms with E-state index in [1.807, 2.05) is 0 Å². The number of hydrazine groups is 1. The third-order valence-corrected chi connectivity index (χ3v) is 3.97. The fraction of sp³-hybridized carbons (Fsp3) is 0.385. The molecule has 0 unspecified atom stereocenters. The van der Waals surface area contributed by atoms with Crippen LogP contribution in [0, 0.1) is 0 Å². The molecule has 2 atom stereocenters. The number of fused-ring (bicyclic) bond motifs is 3. The van der Waals surface area contributed by atoms with Crippen molar-refractivity contribution in [2.45, 2.75) is 18.6 Å². The minimum absolute atomic E-state index is 0.128. The van der Waals surface area contributed by atoms with E-state index in [0.29, 0.717) is 35.0 Å². The molecule has 1 saturated heterocycles. The second-order valence-electron chi connectivity index (χ2n) is 5.23. The van der Waals surface area contributed by atoms with Gasteiger partial charge in [0.15, 0.2) is 11.5 Å². The van der Waals surface area contributed by atoms with Gasteiger partial charge in [-0.15, -0.1) is 0 Å². The number of hydrogen-bond acceptors (Lipinski definition) is 7. The fourth-order valence-electron chi connectivity index (χ4n) is 2.98. The molecule has 1 amide bonds. The van der Waals surface area contributed by atoms with Gasteiger partial charge in [0.2, 0.25) is 6.79 Å². The summed E-state index contributed by atoms with van der Waals surface area (Å²) in [5.41, 5.74) is 3.45. The van der Waals surface area contributed by atoms with Gasteiger partial charge in [-0.25, -0.2) is 10.8 Å². The Bertz CT molecular complexity index is 660. The molecular formula is C13H14N4O4. The van der Waals surface area contributed by atoms with Crippen molar-refractivity contribution in [3.63, 3.8) is 0 Å². The minimum Gasteiger partial charge on any atom is -0.454 e. The summed E-state index contributed by atoms with van der Waals surface area (Å²) in [6.07, 6.45) is -0.164. The Balaban J connectivity index is 1.87. The van der Waals surface area contributed by atoms with Crippen LogP contribution >= 0.6 is 0 Å². The van der Waals surface area contributed by atoms with Crippen LogP contribution in [0.5, 0.6) is 11.5 Å². The summed E-state index contributed by atoms with van der Waals surface area (Å²) in [5, 5.41) is 9.82. The quantitative estimate of drug-likeness (QED) is 0.439. The molecule has 0 bridgehead atoms. The molecule has 0 saturated carbocycles. The van der Waals surface area contributed by atoms with Gasteiger partial charge in [-0.3, -0.25) is 4.79 Å². The van der Waals surface area contributed by atoms with E-state index in [1.165, 1.54) is 0 Å². The second kappa shape index (κ2) is 4.34. The maximum atomic E-state index is 12.7. The smallest absolute Gasteiger partial charge is 0.256 e. The third-order valence-electron chi connectivity index (χ3n) is 3.97. The van der Waals surface area contributed by atoms with Gasteiger partial charge in [0.1, 0.15) is 5.84 Å². The normalized spacial score (nSPS) is 26.1. The predicted molar refractivity (Wildman–Crippen MR) is 72.4 cm³/mol. The predicted octanol–water partition coefficient (Wildman–Crippen LogP) is -0.502. The van der Waals surface area contributed by atoms with Crippen LogP contribution in [0.4, 0.5) is 5.69 Å². The van der Waals surface area contributed by atoms with E-state index in [2.05, 4.69) is 10.4 Å². The lowest BCUT2D eigenvalue weighted by molar-refractivity contribution is 0.0747. The highest BCUT2D eigenvalue weighted by molar-refractivity contribution is 6.06. The number of aliphatic imine (C=N–C) groups is 1. The highest BCUT2D eigenvalue weighted by Gasteiger charge is 2.41. The number of aliphatic hydroxyl groups is 1. The molecule has 3 aliphatic heterocycles. The van der Waals surface area contributed by atoms with Gasteiger partial charge in [0.25, 0.3) is 5.91 Å². The van der Waals surface area contributed by atoms with Gasteiger partial charge in [-0.1, -0.05) is 0 Å². The first-order chi connectivity index (χ1) is 10.2. The van der Waals surface area contributed by atoms with Gasteiger partial charge in [0.05, 0.1) is 23.4 Å². The molecule has 3 heterocycles. The summed E-state index contributed by atoms with van der Waals surface area (Å²) < 4.78 is 10.6. The van der Waals surface area contributed by atoms with Crippen molar-refractivity contribution < 1.29 is 19.4 Å². The molecule has 8 heteroatoms. The SMILES string of the molecule is NNC1=Nc2cc3c(cc2C(=O)N2C[C@H](O)C[C@@H]12)OCO3. The summed E-state index contributed by atoms with van der Waals surface area (Å²) in [4.78, 5) is 18.7. The molecule has 0 aliphatic carbocycles. The molecule has 0 spiro atoms. The van der Waals surface area contributed by atoms with Crippen molar-refractivity contribution in [3.05, 3.63) is 17.7 Å². The number of aliphatic hydroxyl groups excluding tert-OH is 1. The topological polar surface area (TPSA) is 109 Å². The Morgan fingerprint density at radius 1 is 1.38 bits per heavy atom. The number of rotatable bonds is 0. The number of nitrogens with two attached hydrogens (primary N) is 1.